The first-order chi connectivity index (χ1) is 13.1. The van der Waals surface area contributed by atoms with E-state index in [-0.39, 0.29) is 11.9 Å². The van der Waals surface area contributed by atoms with Crippen molar-refractivity contribution < 1.29 is 4.79 Å². The molecule has 2 atom stereocenters. The Bertz CT molecular complexity index is 795. The number of hydrogen-bond acceptors (Lipinski definition) is 3. The molecule has 2 fully saturated rings. The monoisotopic (exact) mass is 368 g/mol. The zero-order chi connectivity index (χ0) is 18.8. The van der Waals surface area contributed by atoms with Gasteiger partial charge in [0.25, 0.3) is 5.91 Å². The fourth-order valence-corrected chi connectivity index (χ4v) is 4.79. The number of carbonyl (C=O) groups excluding carboxylic acids is 1. The fourth-order valence-electron chi connectivity index (χ4n) is 4.79. The molecule has 0 bridgehead atoms. The number of benzene rings is 1. The molecular formula is C22H32N4O. The molecule has 0 spiro atoms. The average Bonchev–Trinajstić information content (AvgIpc) is 3.06. The zero-order valence-corrected chi connectivity index (χ0v) is 16.7. The second-order valence-corrected chi connectivity index (χ2v) is 8.38. The molecule has 0 radical (unpaired) electrons. The van der Waals surface area contributed by atoms with Crippen molar-refractivity contribution >= 4 is 16.8 Å². The molecule has 2 aliphatic heterocycles. The fraction of sp³-hybridized carbons (Fsp3) is 0.591. The largest absolute Gasteiger partial charge is 0.348 e. The predicted molar refractivity (Wildman–Crippen MR) is 110 cm³/mol. The number of nitrogens with one attached hydrogen (secondary N) is 1. The maximum absolute atomic E-state index is 13.2. The molecule has 5 nitrogen and oxygen atoms in total. The minimum absolute atomic E-state index is 0.0900. The van der Waals surface area contributed by atoms with Crippen LogP contribution in [0.1, 0.15) is 42.5 Å². The molecule has 0 saturated carbocycles. The van der Waals surface area contributed by atoms with E-state index in [4.69, 9.17) is 0 Å². The number of fused-ring (bicyclic) bond motifs is 2. The lowest BCUT2D eigenvalue weighted by Gasteiger charge is -2.44. The minimum atomic E-state index is 0.0900. The lowest BCUT2D eigenvalue weighted by atomic mass is 9.88. The van der Waals surface area contributed by atoms with E-state index in [9.17, 15) is 4.79 Å². The van der Waals surface area contributed by atoms with E-state index in [0.29, 0.717) is 6.04 Å². The molecule has 27 heavy (non-hydrogen) atoms. The van der Waals surface area contributed by atoms with Gasteiger partial charge in [0.15, 0.2) is 0 Å². The number of likely N-dealkylation sites (N-methyl/N-ethyl adjacent to an activating group) is 1. The Morgan fingerprint density at radius 1 is 1.15 bits per heavy atom. The molecule has 2 unspecified atom stereocenters. The number of aromatic nitrogens is 1. The summed E-state index contributed by atoms with van der Waals surface area (Å²) < 4.78 is 2.22. The van der Waals surface area contributed by atoms with Crippen molar-refractivity contribution in [3.8, 4) is 0 Å². The van der Waals surface area contributed by atoms with Crippen molar-refractivity contribution in [3.63, 3.8) is 0 Å². The molecule has 2 aromatic rings. The zero-order valence-electron chi connectivity index (χ0n) is 16.7. The molecule has 146 valence electrons. The molecule has 1 N–H and O–H groups in total. The van der Waals surface area contributed by atoms with Crippen LogP contribution in [0.15, 0.2) is 30.5 Å². The second kappa shape index (κ2) is 8.03. The Morgan fingerprint density at radius 3 is 2.81 bits per heavy atom. The van der Waals surface area contributed by atoms with Crippen LogP contribution < -0.4 is 5.32 Å². The first-order valence-corrected chi connectivity index (χ1v) is 10.4. The lowest BCUT2D eigenvalue weighted by Crippen LogP contribution is -2.56. The standard InChI is InChI=1S/C22H32N4O/c1-24(2)14-15-26-16-18(17-8-3-4-10-20(17)26)22(27)23-19-9-7-13-25-12-6-5-11-21(19)25/h3-4,8,10,16,19,21H,5-7,9,11-15H2,1-2H3,(H,23,27). The Kier molecular flexibility index (Phi) is 5.50. The first-order valence-electron chi connectivity index (χ1n) is 10.4. The van der Waals surface area contributed by atoms with Gasteiger partial charge in [0.05, 0.1) is 5.56 Å². The van der Waals surface area contributed by atoms with Gasteiger partial charge in [-0.2, -0.15) is 0 Å². The van der Waals surface area contributed by atoms with Crippen molar-refractivity contribution in [1.82, 2.24) is 19.7 Å². The third-order valence-corrected chi connectivity index (χ3v) is 6.23. The number of rotatable bonds is 5. The van der Waals surface area contributed by atoms with E-state index in [1.807, 2.05) is 12.3 Å². The maximum atomic E-state index is 13.2. The van der Waals surface area contributed by atoms with E-state index in [2.05, 4.69) is 52.0 Å². The van der Waals surface area contributed by atoms with Gasteiger partial charge in [0.2, 0.25) is 0 Å². The Morgan fingerprint density at radius 2 is 1.96 bits per heavy atom. The van der Waals surface area contributed by atoms with E-state index in [1.54, 1.807) is 0 Å². The molecule has 3 heterocycles. The van der Waals surface area contributed by atoms with Crippen LogP contribution in [0.4, 0.5) is 0 Å². The predicted octanol–water partition coefficient (Wildman–Crippen LogP) is 2.95. The molecule has 2 aliphatic rings. The van der Waals surface area contributed by atoms with Crippen LogP contribution in [0.5, 0.6) is 0 Å². The summed E-state index contributed by atoms with van der Waals surface area (Å²) in [5.74, 6) is 0.0900. The highest BCUT2D eigenvalue weighted by Gasteiger charge is 2.34. The summed E-state index contributed by atoms with van der Waals surface area (Å²) in [4.78, 5) is 18.0. The minimum Gasteiger partial charge on any atom is -0.348 e. The molecule has 1 aromatic heterocycles. The average molecular weight is 369 g/mol. The van der Waals surface area contributed by atoms with Gasteiger partial charge in [-0.3, -0.25) is 9.69 Å². The topological polar surface area (TPSA) is 40.5 Å². The van der Waals surface area contributed by atoms with E-state index in [1.165, 1.54) is 38.8 Å². The number of amides is 1. The highest BCUT2D eigenvalue weighted by molar-refractivity contribution is 6.07. The van der Waals surface area contributed by atoms with Gasteiger partial charge < -0.3 is 14.8 Å². The van der Waals surface area contributed by atoms with Crippen molar-refractivity contribution in [2.75, 3.05) is 33.7 Å². The summed E-state index contributed by atoms with van der Waals surface area (Å²) in [5.41, 5.74) is 1.96. The summed E-state index contributed by atoms with van der Waals surface area (Å²) in [6, 6.07) is 9.08. The summed E-state index contributed by atoms with van der Waals surface area (Å²) >= 11 is 0. The lowest BCUT2D eigenvalue weighted by molar-refractivity contribution is 0.0663. The van der Waals surface area contributed by atoms with Gasteiger partial charge in [0.1, 0.15) is 0 Å². The summed E-state index contributed by atoms with van der Waals surface area (Å²) in [6.45, 7) is 4.24. The van der Waals surface area contributed by atoms with Crippen LogP contribution in [0.2, 0.25) is 0 Å². The van der Waals surface area contributed by atoms with Gasteiger partial charge in [-0.05, 0) is 58.9 Å². The summed E-state index contributed by atoms with van der Waals surface area (Å²) in [5, 5.41) is 4.46. The second-order valence-electron chi connectivity index (χ2n) is 8.38. The third kappa shape index (κ3) is 3.90. The molecule has 1 amide bonds. The van der Waals surface area contributed by atoms with Crippen LogP contribution in [0, 0.1) is 0 Å². The number of piperidine rings is 2. The van der Waals surface area contributed by atoms with Gasteiger partial charge in [0, 0.05) is 42.3 Å². The SMILES string of the molecule is CN(C)CCn1cc(C(=O)NC2CCCN3CCCCC23)c2ccccc21. The van der Waals surface area contributed by atoms with Crippen molar-refractivity contribution in [2.45, 2.75) is 50.7 Å². The van der Waals surface area contributed by atoms with Crippen LogP contribution in [-0.4, -0.2) is 66.1 Å². The van der Waals surface area contributed by atoms with Crippen LogP contribution in [0.25, 0.3) is 10.9 Å². The molecule has 5 heteroatoms. The smallest absolute Gasteiger partial charge is 0.253 e. The van der Waals surface area contributed by atoms with Crippen molar-refractivity contribution in [1.29, 1.82) is 0 Å². The summed E-state index contributed by atoms with van der Waals surface area (Å²) in [7, 11) is 4.16. The van der Waals surface area contributed by atoms with Crippen molar-refractivity contribution in [3.05, 3.63) is 36.0 Å². The number of para-hydroxylation sites is 1. The molecule has 0 aliphatic carbocycles. The van der Waals surface area contributed by atoms with Crippen LogP contribution >= 0.6 is 0 Å². The molecular weight excluding hydrogens is 336 g/mol. The van der Waals surface area contributed by atoms with Gasteiger partial charge >= 0.3 is 0 Å². The molecule has 4 rings (SSSR count). The van der Waals surface area contributed by atoms with Crippen LogP contribution in [-0.2, 0) is 6.54 Å². The molecule has 1 aromatic carbocycles. The van der Waals surface area contributed by atoms with Crippen LogP contribution in [0.3, 0.4) is 0 Å². The number of hydrogen-bond donors (Lipinski definition) is 1. The Hall–Kier alpha value is -1.85. The first kappa shape index (κ1) is 18.5. The van der Waals surface area contributed by atoms with Gasteiger partial charge in [-0.25, -0.2) is 0 Å². The highest BCUT2D eigenvalue weighted by atomic mass is 16.1. The third-order valence-electron chi connectivity index (χ3n) is 6.23. The maximum Gasteiger partial charge on any atom is 0.253 e. The Balaban J connectivity index is 1.55. The number of nitrogens with zero attached hydrogens (tertiary/aromatic N) is 3. The Labute approximate surface area is 162 Å². The van der Waals surface area contributed by atoms with Gasteiger partial charge in [-0.1, -0.05) is 24.6 Å². The van der Waals surface area contributed by atoms with E-state index in [0.717, 1.165) is 36.0 Å². The normalized spacial score (nSPS) is 23.5. The highest BCUT2D eigenvalue weighted by Crippen LogP contribution is 2.27. The number of carbonyl (C=O) groups is 1. The molecule has 2 saturated heterocycles. The van der Waals surface area contributed by atoms with E-state index < -0.39 is 0 Å². The quantitative estimate of drug-likeness (QED) is 0.882. The van der Waals surface area contributed by atoms with Gasteiger partial charge in [-0.15, -0.1) is 0 Å². The van der Waals surface area contributed by atoms with E-state index >= 15 is 0 Å². The summed E-state index contributed by atoms with van der Waals surface area (Å²) in [6.07, 6.45) is 8.15. The van der Waals surface area contributed by atoms with Crippen molar-refractivity contribution in [2.24, 2.45) is 0 Å².